The van der Waals surface area contributed by atoms with Crippen molar-refractivity contribution in [2.75, 3.05) is 0 Å². The lowest BCUT2D eigenvalue weighted by Gasteiger charge is -2.07. The van der Waals surface area contributed by atoms with E-state index in [0.717, 1.165) is 25.9 Å². The fourth-order valence-electron chi connectivity index (χ4n) is 2.18. The minimum absolute atomic E-state index is 0.240. The largest absolute Gasteiger partial charge is 0.330 e. The summed E-state index contributed by atoms with van der Waals surface area (Å²) in [6.07, 6.45) is 0. The highest BCUT2D eigenvalue weighted by molar-refractivity contribution is 14.1. The Labute approximate surface area is 128 Å². The second-order valence-electron chi connectivity index (χ2n) is 4.33. The van der Waals surface area contributed by atoms with Gasteiger partial charge >= 0.3 is 0 Å². The molecule has 0 bridgehead atoms. The normalized spacial score (nSPS) is 11.1. The Hall–Kier alpha value is -1.21. The van der Waals surface area contributed by atoms with Gasteiger partial charge in [0.1, 0.15) is 5.82 Å². The zero-order valence-corrected chi connectivity index (χ0v) is 13.0. The lowest BCUT2D eigenvalue weighted by Crippen LogP contribution is -1.97. The van der Waals surface area contributed by atoms with Crippen molar-refractivity contribution in [3.05, 3.63) is 56.1 Å². The van der Waals surface area contributed by atoms with Crippen LogP contribution in [0.2, 0.25) is 0 Å². The maximum Gasteiger partial charge on any atom is 0.182 e. The number of para-hydroxylation sites is 1. The van der Waals surface area contributed by atoms with Gasteiger partial charge < -0.3 is 4.98 Å². The molecule has 2 aromatic carbocycles. The van der Waals surface area contributed by atoms with Crippen LogP contribution in [0.5, 0.6) is 0 Å². The summed E-state index contributed by atoms with van der Waals surface area (Å²) in [5, 5.41) is 0. The first-order valence-electron chi connectivity index (χ1n) is 5.73. The summed E-state index contributed by atoms with van der Waals surface area (Å²) in [6.45, 7) is 2.04. The molecular weight excluding hydrogens is 374 g/mol. The van der Waals surface area contributed by atoms with Crippen molar-refractivity contribution in [1.29, 1.82) is 0 Å². The summed E-state index contributed by atoms with van der Waals surface area (Å²) in [5.41, 5.74) is 4.06. The number of imidazole rings is 1. The first-order valence-corrected chi connectivity index (χ1v) is 7.22. The molecule has 0 amide bonds. The van der Waals surface area contributed by atoms with Gasteiger partial charge in [-0.1, -0.05) is 12.1 Å². The van der Waals surface area contributed by atoms with E-state index in [9.17, 15) is 4.39 Å². The predicted octanol–water partition coefficient (Wildman–Crippen LogP) is 4.74. The third kappa shape index (κ3) is 2.10. The van der Waals surface area contributed by atoms with Crippen molar-refractivity contribution in [3.63, 3.8) is 0 Å². The molecule has 3 aromatic rings. The van der Waals surface area contributed by atoms with E-state index in [1.165, 1.54) is 12.1 Å². The Bertz CT molecular complexity index is 835. The minimum Gasteiger partial charge on any atom is -0.330 e. The summed E-state index contributed by atoms with van der Waals surface area (Å²) in [5.74, 6) is -0.240. The SMILES string of the molecule is Cc1cccc2c1[nH]c(=S)n2-c1ccc(F)cc1I. The van der Waals surface area contributed by atoms with Crippen LogP contribution in [0.25, 0.3) is 16.7 Å². The average molecular weight is 384 g/mol. The number of aromatic nitrogens is 2. The zero-order chi connectivity index (χ0) is 13.6. The summed E-state index contributed by atoms with van der Waals surface area (Å²) in [4.78, 5) is 3.22. The van der Waals surface area contributed by atoms with E-state index in [1.54, 1.807) is 6.07 Å². The second kappa shape index (κ2) is 4.72. The lowest BCUT2D eigenvalue weighted by atomic mass is 10.2. The van der Waals surface area contributed by atoms with Crippen molar-refractivity contribution in [2.45, 2.75) is 6.92 Å². The molecule has 0 aliphatic rings. The summed E-state index contributed by atoms with van der Waals surface area (Å²) in [7, 11) is 0. The molecule has 19 heavy (non-hydrogen) atoms. The summed E-state index contributed by atoms with van der Waals surface area (Å²) in [6, 6.07) is 10.7. The Morgan fingerprint density at radius 2 is 2.05 bits per heavy atom. The van der Waals surface area contributed by atoms with Crippen LogP contribution in [0.3, 0.4) is 0 Å². The van der Waals surface area contributed by atoms with Gasteiger partial charge in [-0.25, -0.2) is 4.39 Å². The highest BCUT2D eigenvalue weighted by atomic mass is 127. The number of nitrogens with zero attached hydrogens (tertiary/aromatic N) is 1. The van der Waals surface area contributed by atoms with Crippen LogP contribution in [0.4, 0.5) is 4.39 Å². The number of halogens is 2. The number of hydrogen-bond donors (Lipinski definition) is 1. The van der Waals surface area contributed by atoms with Crippen molar-refractivity contribution in [3.8, 4) is 5.69 Å². The van der Waals surface area contributed by atoms with Crippen LogP contribution in [0.1, 0.15) is 5.56 Å². The smallest absolute Gasteiger partial charge is 0.182 e. The van der Waals surface area contributed by atoms with Gasteiger partial charge in [-0.3, -0.25) is 4.57 Å². The van der Waals surface area contributed by atoms with Crippen LogP contribution in [-0.4, -0.2) is 9.55 Å². The van der Waals surface area contributed by atoms with Gasteiger partial charge in [-0.05, 0) is 71.6 Å². The second-order valence-corrected chi connectivity index (χ2v) is 5.88. The molecule has 3 rings (SSSR count). The molecule has 0 saturated heterocycles. The summed E-state index contributed by atoms with van der Waals surface area (Å²) < 4.78 is 16.6. The van der Waals surface area contributed by atoms with Gasteiger partial charge in [0.15, 0.2) is 4.77 Å². The number of fused-ring (bicyclic) bond motifs is 1. The van der Waals surface area contributed by atoms with Crippen molar-refractivity contribution < 1.29 is 4.39 Å². The molecule has 0 atom stereocenters. The molecule has 0 fully saturated rings. The highest BCUT2D eigenvalue weighted by Gasteiger charge is 2.11. The molecular formula is C14H10FIN2S. The van der Waals surface area contributed by atoms with Crippen LogP contribution in [0.15, 0.2) is 36.4 Å². The molecule has 1 heterocycles. The van der Waals surface area contributed by atoms with Gasteiger partial charge in [0.2, 0.25) is 0 Å². The molecule has 0 saturated carbocycles. The zero-order valence-electron chi connectivity index (χ0n) is 10.1. The van der Waals surface area contributed by atoms with E-state index < -0.39 is 0 Å². The Balaban J connectivity index is 2.40. The fraction of sp³-hybridized carbons (Fsp3) is 0.0714. The standard InChI is InChI=1S/C14H10FIN2S/c1-8-3-2-4-12-13(8)17-14(19)18(12)11-6-5-9(15)7-10(11)16/h2-7H,1H3,(H,17,19). The van der Waals surface area contributed by atoms with Crippen LogP contribution in [-0.2, 0) is 0 Å². The molecule has 0 radical (unpaired) electrons. The number of aryl methyl sites for hydroxylation is 1. The van der Waals surface area contributed by atoms with E-state index in [0.29, 0.717) is 4.77 Å². The van der Waals surface area contributed by atoms with Gasteiger partial charge in [0.25, 0.3) is 0 Å². The molecule has 2 nitrogen and oxygen atoms in total. The molecule has 0 aliphatic carbocycles. The number of hydrogen-bond acceptors (Lipinski definition) is 1. The lowest BCUT2D eigenvalue weighted by molar-refractivity contribution is 0.626. The van der Waals surface area contributed by atoms with E-state index in [1.807, 2.05) is 29.7 Å². The number of aromatic amines is 1. The van der Waals surface area contributed by atoms with Crippen molar-refractivity contribution in [1.82, 2.24) is 9.55 Å². The number of benzene rings is 2. The number of H-pyrrole nitrogens is 1. The molecule has 96 valence electrons. The van der Waals surface area contributed by atoms with E-state index >= 15 is 0 Å². The monoisotopic (exact) mass is 384 g/mol. The third-order valence-electron chi connectivity index (χ3n) is 3.08. The van der Waals surface area contributed by atoms with Gasteiger partial charge in [0, 0.05) is 3.57 Å². The maximum absolute atomic E-state index is 13.2. The van der Waals surface area contributed by atoms with Crippen LogP contribution < -0.4 is 0 Å². The topological polar surface area (TPSA) is 20.7 Å². The molecule has 1 N–H and O–H groups in total. The minimum atomic E-state index is -0.240. The Kier molecular flexibility index (Phi) is 3.18. The maximum atomic E-state index is 13.2. The first kappa shape index (κ1) is 12.8. The highest BCUT2D eigenvalue weighted by Crippen LogP contribution is 2.25. The quantitative estimate of drug-likeness (QED) is 0.475. The Morgan fingerprint density at radius 3 is 2.79 bits per heavy atom. The molecule has 5 heteroatoms. The number of rotatable bonds is 1. The van der Waals surface area contributed by atoms with Gasteiger partial charge in [-0.2, -0.15) is 0 Å². The number of nitrogens with one attached hydrogen (secondary N) is 1. The third-order valence-corrected chi connectivity index (χ3v) is 4.23. The molecule has 0 aliphatic heterocycles. The van der Waals surface area contributed by atoms with Crippen molar-refractivity contribution in [2.24, 2.45) is 0 Å². The molecule has 1 aromatic heterocycles. The van der Waals surface area contributed by atoms with E-state index in [4.69, 9.17) is 12.2 Å². The van der Waals surface area contributed by atoms with E-state index in [2.05, 4.69) is 27.6 Å². The average Bonchev–Trinajstić information content (AvgIpc) is 2.68. The fourth-order valence-corrected chi connectivity index (χ4v) is 3.19. The van der Waals surface area contributed by atoms with Gasteiger partial charge in [-0.15, -0.1) is 0 Å². The van der Waals surface area contributed by atoms with Gasteiger partial charge in [0.05, 0.1) is 16.7 Å². The van der Waals surface area contributed by atoms with Crippen LogP contribution in [0, 0.1) is 21.1 Å². The van der Waals surface area contributed by atoms with Crippen LogP contribution >= 0.6 is 34.8 Å². The summed E-state index contributed by atoms with van der Waals surface area (Å²) >= 11 is 7.52. The van der Waals surface area contributed by atoms with E-state index in [-0.39, 0.29) is 5.82 Å². The predicted molar refractivity (Wildman–Crippen MR) is 85.9 cm³/mol. The Morgan fingerprint density at radius 1 is 1.26 bits per heavy atom. The first-order chi connectivity index (χ1) is 9.08. The molecule has 0 unspecified atom stereocenters. The molecule has 0 spiro atoms. The van der Waals surface area contributed by atoms with Crippen molar-refractivity contribution >= 4 is 45.8 Å².